The molecule has 1 saturated carbocycles. The Balaban J connectivity index is 1.97. The fourth-order valence-electron chi connectivity index (χ4n) is 2.61. The van der Waals surface area contributed by atoms with Crippen molar-refractivity contribution in [3.05, 3.63) is 12.2 Å². The highest BCUT2D eigenvalue weighted by Crippen LogP contribution is 2.23. The van der Waals surface area contributed by atoms with Gasteiger partial charge in [-0.1, -0.05) is 38.3 Å². The molecule has 1 aliphatic rings. The summed E-state index contributed by atoms with van der Waals surface area (Å²) in [5.74, 6) is 0.119. The zero-order valence-corrected chi connectivity index (χ0v) is 13.9. The predicted molar refractivity (Wildman–Crippen MR) is 86.4 cm³/mol. The van der Waals surface area contributed by atoms with Gasteiger partial charge in [-0.2, -0.15) is 0 Å². The number of ether oxygens (including phenoxy) is 2. The van der Waals surface area contributed by atoms with E-state index in [1.54, 1.807) is 0 Å². The average Bonchev–Trinajstić information content (AvgIpc) is 2.54. The molecule has 0 aromatic rings. The van der Waals surface area contributed by atoms with Crippen molar-refractivity contribution >= 4 is 11.9 Å². The maximum atomic E-state index is 11.6. The van der Waals surface area contributed by atoms with E-state index in [2.05, 4.69) is 13.0 Å². The molecule has 0 heterocycles. The van der Waals surface area contributed by atoms with Crippen LogP contribution in [0, 0.1) is 5.92 Å². The average molecular weight is 310 g/mol. The minimum Gasteiger partial charge on any atom is -0.465 e. The fraction of sp³-hybridized carbons (Fsp3) is 0.778. The molecule has 1 rings (SSSR count). The van der Waals surface area contributed by atoms with Crippen LogP contribution in [0.4, 0.5) is 0 Å². The Morgan fingerprint density at radius 1 is 1.00 bits per heavy atom. The molecule has 0 aromatic heterocycles. The molecule has 0 aliphatic heterocycles. The van der Waals surface area contributed by atoms with Crippen LogP contribution in [-0.2, 0) is 19.1 Å². The van der Waals surface area contributed by atoms with Crippen molar-refractivity contribution in [2.75, 3.05) is 13.2 Å². The van der Waals surface area contributed by atoms with Crippen molar-refractivity contribution in [1.29, 1.82) is 0 Å². The summed E-state index contributed by atoms with van der Waals surface area (Å²) >= 11 is 0. The first-order valence-corrected chi connectivity index (χ1v) is 8.68. The van der Waals surface area contributed by atoms with Gasteiger partial charge in [-0.05, 0) is 38.0 Å². The Morgan fingerprint density at radius 3 is 2.36 bits per heavy atom. The number of hydrogen-bond donors (Lipinski definition) is 0. The summed E-state index contributed by atoms with van der Waals surface area (Å²) in [6, 6.07) is 0. The van der Waals surface area contributed by atoms with E-state index < -0.39 is 0 Å². The maximum absolute atomic E-state index is 11.6. The lowest BCUT2D eigenvalue weighted by atomic mass is 9.90. The van der Waals surface area contributed by atoms with Gasteiger partial charge in [0.05, 0.1) is 13.2 Å². The molecule has 0 N–H and O–H groups in total. The molecular formula is C18H30O4. The molecule has 0 amide bonds. The van der Waals surface area contributed by atoms with E-state index in [-0.39, 0.29) is 18.4 Å². The minimum absolute atomic E-state index is 0.191. The van der Waals surface area contributed by atoms with Gasteiger partial charge in [-0.3, -0.25) is 9.59 Å². The molecule has 0 unspecified atom stereocenters. The van der Waals surface area contributed by atoms with Crippen LogP contribution in [0.25, 0.3) is 0 Å². The lowest BCUT2D eigenvalue weighted by molar-refractivity contribution is -0.146. The van der Waals surface area contributed by atoms with E-state index in [1.807, 2.05) is 6.08 Å². The number of allylic oxidation sites excluding steroid dienone is 1. The van der Waals surface area contributed by atoms with Crippen LogP contribution in [0.1, 0.15) is 71.1 Å². The predicted octanol–water partition coefficient (Wildman–Crippen LogP) is 4.18. The standard InChI is InChI=1S/C18H30O4/c1-2-3-4-8-14-21-17(19)12-9-13-18(20)22-15-16-10-6-5-7-11-16/h3-4,16H,2,5-15H2,1H3/b4-3+. The van der Waals surface area contributed by atoms with Crippen LogP contribution in [0.5, 0.6) is 0 Å². The van der Waals surface area contributed by atoms with Crippen molar-refractivity contribution in [3.63, 3.8) is 0 Å². The molecular weight excluding hydrogens is 280 g/mol. The third kappa shape index (κ3) is 9.59. The Kier molecular flexibility index (Phi) is 10.4. The van der Waals surface area contributed by atoms with Crippen LogP contribution < -0.4 is 0 Å². The highest BCUT2D eigenvalue weighted by Gasteiger charge is 2.15. The summed E-state index contributed by atoms with van der Waals surface area (Å²) in [6.07, 6.45) is 13.1. The van der Waals surface area contributed by atoms with Gasteiger partial charge in [-0.15, -0.1) is 0 Å². The van der Waals surface area contributed by atoms with E-state index in [0.717, 1.165) is 12.8 Å². The van der Waals surface area contributed by atoms with E-state index in [4.69, 9.17) is 9.47 Å². The van der Waals surface area contributed by atoms with E-state index in [1.165, 1.54) is 32.1 Å². The number of hydrogen-bond acceptors (Lipinski definition) is 4. The summed E-state index contributed by atoms with van der Waals surface area (Å²) in [5.41, 5.74) is 0. The highest BCUT2D eigenvalue weighted by molar-refractivity contribution is 5.72. The van der Waals surface area contributed by atoms with E-state index >= 15 is 0 Å². The lowest BCUT2D eigenvalue weighted by Crippen LogP contribution is -2.16. The van der Waals surface area contributed by atoms with Gasteiger partial charge in [0.15, 0.2) is 0 Å². The van der Waals surface area contributed by atoms with Gasteiger partial charge in [0.2, 0.25) is 0 Å². The smallest absolute Gasteiger partial charge is 0.305 e. The van der Waals surface area contributed by atoms with Crippen LogP contribution in [0.3, 0.4) is 0 Å². The first-order valence-electron chi connectivity index (χ1n) is 8.68. The molecule has 4 nitrogen and oxygen atoms in total. The van der Waals surface area contributed by atoms with Gasteiger partial charge in [0, 0.05) is 12.8 Å². The fourth-order valence-corrected chi connectivity index (χ4v) is 2.61. The zero-order valence-electron chi connectivity index (χ0n) is 13.9. The highest BCUT2D eigenvalue weighted by atomic mass is 16.5. The summed E-state index contributed by atoms with van der Waals surface area (Å²) < 4.78 is 10.4. The Hall–Kier alpha value is -1.32. The summed E-state index contributed by atoms with van der Waals surface area (Å²) in [6.45, 7) is 3.03. The van der Waals surface area contributed by atoms with Crippen LogP contribution in [0.2, 0.25) is 0 Å². The quantitative estimate of drug-likeness (QED) is 0.345. The third-order valence-corrected chi connectivity index (χ3v) is 3.92. The van der Waals surface area contributed by atoms with Gasteiger partial charge >= 0.3 is 11.9 Å². The molecule has 0 radical (unpaired) electrons. The monoisotopic (exact) mass is 310 g/mol. The summed E-state index contributed by atoms with van der Waals surface area (Å²) in [7, 11) is 0. The molecule has 0 aromatic carbocycles. The van der Waals surface area contributed by atoms with Crippen molar-refractivity contribution in [1.82, 2.24) is 0 Å². The van der Waals surface area contributed by atoms with Crippen molar-refractivity contribution < 1.29 is 19.1 Å². The molecule has 126 valence electrons. The largest absolute Gasteiger partial charge is 0.465 e. The number of carbonyl (C=O) groups is 2. The van der Waals surface area contributed by atoms with E-state index in [0.29, 0.717) is 32.0 Å². The second-order valence-corrected chi connectivity index (χ2v) is 5.93. The van der Waals surface area contributed by atoms with Crippen LogP contribution in [0.15, 0.2) is 12.2 Å². The normalized spacial score (nSPS) is 15.9. The van der Waals surface area contributed by atoms with Crippen molar-refractivity contribution in [3.8, 4) is 0 Å². The summed E-state index contributed by atoms with van der Waals surface area (Å²) in [5, 5.41) is 0. The van der Waals surface area contributed by atoms with Gasteiger partial charge in [-0.25, -0.2) is 0 Å². The third-order valence-electron chi connectivity index (χ3n) is 3.92. The van der Waals surface area contributed by atoms with E-state index in [9.17, 15) is 9.59 Å². The maximum Gasteiger partial charge on any atom is 0.305 e. The molecule has 1 fully saturated rings. The van der Waals surface area contributed by atoms with Gasteiger partial charge in [0.1, 0.15) is 0 Å². The molecule has 0 bridgehead atoms. The molecule has 1 aliphatic carbocycles. The summed E-state index contributed by atoms with van der Waals surface area (Å²) in [4.78, 5) is 23.1. The Morgan fingerprint density at radius 2 is 1.68 bits per heavy atom. The number of rotatable bonds is 10. The molecule has 22 heavy (non-hydrogen) atoms. The van der Waals surface area contributed by atoms with Crippen LogP contribution >= 0.6 is 0 Å². The zero-order chi connectivity index (χ0) is 16.0. The minimum atomic E-state index is -0.232. The van der Waals surface area contributed by atoms with Crippen molar-refractivity contribution in [2.45, 2.75) is 71.1 Å². The molecule has 0 atom stereocenters. The molecule has 0 spiro atoms. The second-order valence-electron chi connectivity index (χ2n) is 5.93. The SMILES string of the molecule is CC/C=C/CCOC(=O)CCCC(=O)OCC1CCCCC1. The number of esters is 2. The Bertz CT molecular complexity index is 343. The van der Waals surface area contributed by atoms with Crippen molar-refractivity contribution in [2.24, 2.45) is 5.92 Å². The first kappa shape index (κ1) is 18.7. The van der Waals surface area contributed by atoms with Gasteiger partial charge < -0.3 is 9.47 Å². The number of carbonyl (C=O) groups excluding carboxylic acids is 2. The van der Waals surface area contributed by atoms with Gasteiger partial charge in [0.25, 0.3) is 0 Å². The first-order chi connectivity index (χ1) is 10.7. The topological polar surface area (TPSA) is 52.6 Å². The van der Waals surface area contributed by atoms with Crippen LogP contribution in [-0.4, -0.2) is 25.2 Å². The molecule has 0 saturated heterocycles. The molecule has 4 heteroatoms. The Labute approximate surface area is 134 Å². The second kappa shape index (κ2) is 12.2. The lowest BCUT2D eigenvalue weighted by Gasteiger charge is -2.20.